The number of piperidine rings is 1. The Bertz CT molecular complexity index is 729. The molecule has 130 valence electrons. The lowest BCUT2D eigenvalue weighted by Crippen LogP contribution is -2.43. The van der Waals surface area contributed by atoms with Crippen LogP contribution in [0.4, 0.5) is 0 Å². The summed E-state index contributed by atoms with van der Waals surface area (Å²) < 4.78 is 11.8. The van der Waals surface area contributed by atoms with Crippen LogP contribution >= 0.6 is 0 Å². The van der Waals surface area contributed by atoms with Crippen LogP contribution < -0.4 is 4.74 Å². The van der Waals surface area contributed by atoms with Crippen molar-refractivity contribution in [3.05, 3.63) is 29.5 Å². The first-order valence-electron chi connectivity index (χ1n) is 9.10. The molecule has 1 aromatic heterocycles. The SMILES string of the molecule is COc1cc(C)c2[nH]ccc2c1CN1CCC2(CC1)CC(C)CO2. The summed E-state index contributed by atoms with van der Waals surface area (Å²) in [5, 5.41) is 1.29. The molecule has 2 aliphatic rings. The van der Waals surface area contributed by atoms with Gasteiger partial charge in [0.15, 0.2) is 0 Å². The molecule has 0 saturated carbocycles. The van der Waals surface area contributed by atoms with Crippen LogP contribution in [-0.4, -0.2) is 42.3 Å². The van der Waals surface area contributed by atoms with Gasteiger partial charge in [-0.05, 0) is 49.8 Å². The number of aromatic nitrogens is 1. The van der Waals surface area contributed by atoms with E-state index in [1.54, 1.807) is 7.11 Å². The van der Waals surface area contributed by atoms with Crippen LogP contribution in [0.1, 0.15) is 37.3 Å². The van der Waals surface area contributed by atoms with E-state index in [9.17, 15) is 0 Å². The zero-order chi connectivity index (χ0) is 16.7. The van der Waals surface area contributed by atoms with Gasteiger partial charge in [-0.2, -0.15) is 0 Å². The van der Waals surface area contributed by atoms with Crippen LogP contribution in [0.2, 0.25) is 0 Å². The van der Waals surface area contributed by atoms with Crippen LogP contribution in [0.25, 0.3) is 10.9 Å². The molecule has 2 fully saturated rings. The summed E-state index contributed by atoms with van der Waals surface area (Å²) in [6.07, 6.45) is 5.57. The number of likely N-dealkylation sites (tertiary alicyclic amines) is 1. The van der Waals surface area contributed by atoms with Gasteiger partial charge in [-0.3, -0.25) is 4.90 Å². The minimum Gasteiger partial charge on any atom is -0.496 e. The normalized spacial score (nSPS) is 24.0. The van der Waals surface area contributed by atoms with Gasteiger partial charge < -0.3 is 14.5 Å². The minimum absolute atomic E-state index is 0.163. The summed E-state index contributed by atoms with van der Waals surface area (Å²) in [5.74, 6) is 1.72. The highest BCUT2D eigenvalue weighted by atomic mass is 16.5. The van der Waals surface area contributed by atoms with Crippen molar-refractivity contribution in [2.75, 3.05) is 26.8 Å². The zero-order valence-corrected chi connectivity index (χ0v) is 15.0. The number of fused-ring (bicyclic) bond motifs is 1. The largest absolute Gasteiger partial charge is 0.496 e. The van der Waals surface area contributed by atoms with E-state index in [1.165, 1.54) is 28.5 Å². The lowest BCUT2D eigenvalue weighted by atomic mass is 9.86. The first kappa shape index (κ1) is 16.0. The van der Waals surface area contributed by atoms with Gasteiger partial charge in [0.2, 0.25) is 0 Å². The number of hydrogen-bond acceptors (Lipinski definition) is 3. The average Bonchev–Trinajstić information content (AvgIpc) is 3.20. The van der Waals surface area contributed by atoms with E-state index >= 15 is 0 Å². The molecule has 4 nitrogen and oxygen atoms in total. The Balaban J connectivity index is 1.53. The number of aryl methyl sites for hydroxylation is 1. The van der Waals surface area contributed by atoms with Gasteiger partial charge in [-0.15, -0.1) is 0 Å². The third kappa shape index (κ3) is 2.72. The number of hydrogen-bond donors (Lipinski definition) is 1. The third-order valence-electron chi connectivity index (χ3n) is 5.87. The number of benzene rings is 1. The Morgan fingerprint density at radius 1 is 1.38 bits per heavy atom. The molecule has 2 saturated heterocycles. The molecule has 2 aromatic rings. The first-order chi connectivity index (χ1) is 11.6. The highest BCUT2D eigenvalue weighted by Gasteiger charge is 2.41. The standard InChI is InChI=1S/C20H28N2O2/c1-14-11-20(24-13-14)5-8-22(9-6-20)12-17-16-4-7-21-19(16)15(2)10-18(17)23-3/h4,7,10,14,21H,5-6,8-9,11-13H2,1-3H3. The zero-order valence-electron chi connectivity index (χ0n) is 15.0. The molecular formula is C20H28N2O2. The van der Waals surface area contributed by atoms with Gasteiger partial charge in [0, 0.05) is 48.9 Å². The van der Waals surface area contributed by atoms with E-state index in [4.69, 9.17) is 9.47 Å². The molecule has 4 rings (SSSR count). The van der Waals surface area contributed by atoms with E-state index in [1.807, 2.05) is 6.20 Å². The van der Waals surface area contributed by atoms with Crippen molar-refractivity contribution >= 4 is 10.9 Å². The molecule has 4 heteroatoms. The average molecular weight is 328 g/mol. The lowest BCUT2D eigenvalue weighted by molar-refractivity contribution is -0.0450. The van der Waals surface area contributed by atoms with E-state index in [0.717, 1.165) is 44.8 Å². The number of ether oxygens (including phenoxy) is 2. The van der Waals surface area contributed by atoms with Crippen LogP contribution in [-0.2, 0) is 11.3 Å². The summed E-state index contributed by atoms with van der Waals surface area (Å²) in [4.78, 5) is 5.92. The molecule has 0 amide bonds. The molecule has 0 aliphatic carbocycles. The molecule has 1 unspecified atom stereocenters. The van der Waals surface area contributed by atoms with Crippen LogP contribution in [0.15, 0.2) is 18.3 Å². The maximum atomic E-state index is 6.15. The summed E-state index contributed by atoms with van der Waals surface area (Å²) in [7, 11) is 1.77. The second kappa shape index (κ2) is 6.08. The number of nitrogens with one attached hydrogen (secondary N) is 1. The fourth-order valence-corrected chi connectivity index (χ4v) is 4.54. The number of aromatic amines is 1. The number of nitrogens with zero attached hydrogens (tertiary/aromatic N) is 1. The van der Waals surface area contributed by atoms with Gasteiger partial charge >= 0.3 is 0 Å². The lowest BCUT2D eigenvalue weighted by Gasteiger charge is -2.39. The van der Waals surface area contributed by atoms with Crippen molar-refractivity contribution in [1.82, 2.24) is 9.88 Å². The number of rotatable bonds is 3. The topological polar surface area (TPSA) is 37.5 Å². The van der Waals surface area contributed by atoms with Crippen molar-refractivity contribution in [2.24, 2.45) is 5.92 Å². The van der Waals surface area contributed by atoms with Crippen LogP contribution in [0.3, 0.4) is 0 Å². The fraction of sp³-hybridized carbons (Fsp3) is 0.600. The van der Waals surface area contributed by atoms with Crippen molar-refractivity contribution < 1.29 is 9.47 Å². The molecule has 24 heavy (non-hydrogen) atoms. The van der Waals surface area contributed by atoms with Gasteiger partial charge in [-0.25, -0.2) is 0 Å². The first-order valence-corrected chi connectivity index (χ1v) is 9.10. The smallest absolute Gasteiger partial charge is 0.124 e. The Hall–Kier alpha value is -1.52. The Morgan fingerprint density at radius 2 is 2.17 bits per heavy atom. The predicted molar refractivity (Wildman–Crippen MR) is 96.6 cm³/mol. The summed E-state index contributed by atoms with van der Waals surface area (Å²) >= 11 is 0. The van der Waals surface area contributed by atoms with E-state index in [0.29, 0.717) is 5.92 Å². The quantitative estimate of drug-likeness (QED) is 0.929. The van der Waals surface area contributed by atoms with E-state index < -0.39 is 0 Å². The van der Waals surface area contributed by atoms with Gasteiger partial charge in [0.1, 0.15) is 5.75 Å². The monoisotopic (exact) mass is 328 g/mol. The highest BCUT2D eigenvalue weighted by Crippen LogP contribution is 2.39. The molecule has 1 aromatic carbocycles. The molecular weight excluding hydrogens is 300 g/mol. The van der Waals surface area contributed by atoms with E-state index in [2.05, 4.69) is 35.9 Å². The van der Waals surface area contributed by atoms with Crippen molar-refractivity contribution in [1.29, 1.82) is 0 Å². The maximum absolute atomic E-state index is 6.15. The van der Waals surface area contributed by atoms with Gasteiger partial charge in [0.25, 0.3) is 0 Å². The second-order valence-corrected chi connectivity index (χ2v) is 7.72. The number of H-pyrrole nitrogens is 1. The predicted octanol–water partition coefficient (Wildman–Crippen LogP) is 3.88. The summed E-state index contributed by atoms with van der Waals surface area (Å²) in [6.45, 7) is 8.54. The Kier molecular flexibility index (Phi) is 4.05. The molecule has 0 bridgehead atoms. The third-order valence-corrected chi connectivity index (χ3v) is 5.87. The van der Waals surface area contributed by atoms with Crippen molar-refractivity contribution in [3.8, 4) is 5.75 Å². The van der Waals surface area contributed by atoms with Crippen LogP contribution in [0.5, 0.6) is 5.75 Å². The van der Waals surface area contributed by atoms with Crippen LogP contribution in [0, 0.1) is 12.8 Å². The molecule has 2 aliphatic heterocycles. The van der Waals surface area contributed by atoms with Gasteiger partial charge in [-0.1, -0.05) is 6.92 Å². The minimum atomic E-state index is 0.163. The maximum Gasteiger partial charge on any atom is 0.124 e. The fourth-order valence-electron chi connectivity index (χ4n) is 4.54. The van der Waals surface area contributed by atoms with Crippen molar-refractivity contribution in [3.63, 3.8) is 0 Å². The molecule has 0 radical (unpaired) electrons. The summed E-state index contributed by atoms with van der Waals surface area (Å²) in [6, 6.07) is 4.33. The molecule has 1 atom stereocenters. The summed E-state index contributed by atoms with van der Waals surface area (Å²) in [5.41, 5.74) is 3.93. The number of methoxy groups -OCH3 is 1. The van der Waals surface area contributed by atoms with Crippen molar-refractivity contribution in [2.45, 2.75) is 45.3 Å². The van der Waals surface area contributed by atoms with E-state index in [-0.39, 0.29) is 5.60 Å². The van der Waals surface area contributed by atoms with Gasteiger partial charge in [0.05, 0.1) is 12.7 Å². The molecule has 1 spiro atoms. The molecule has 1 N–H and O–H groups in total. The second-order valence-electron chi connectivity index (χ2n) is 7.72. The molecule has 3 heterocycles. The Labute approximate surface area is 144 Å². The highest BCUT2D eigenvalue weighted by molar-refractivity contribution is 5.88. The Morgan fingerprint density at radius 3 is 2.83 bits per heavy atom.